The van der Waals surface area contributed by atoms with E-state index in [0.717, 1.165) is 24.9 Å². The standard InChI is InChI=1S/C20H23N5OS/c1-4-20(2,3)12-23-14-7-8-21-17-15(14)24-16(18-22-9-10-27-18)19(26)25(17)11-13-5-6-13/h7-10,12-13H,4-6,11H2,1-3H3. The Kier molecular flexibility index (Phi) is 4.63. The molecule has 1 fully saturated rings. The molecular weight excluding hydrogens is 358 g/mol. The Hall–Kier alpha value is -2.41. The maximum atomic E-state index is 13.1. The van der Waals surface area contributed by atoms with Crippen molar-refractivity contribution in [3.63, 3.8) is 0 Å². The molecule has 0 spiro atoms. The summed E-state index contributed by atoms with van der Waals surface area (Å²) >= 11 is 1.42. The molecule has 3 aromatic heterocycles. The lowest BCUT2D eigenvalue weighted by Gasteiger charge is -2.16. The molecule has 3 heterocycles. The molecule has 0 aliphatic heterocycles. The van der Waals surface area contributed by atoms with E-state index in [4.69, 9.17) is 4.99 Å². The topological polar surface area (TPSA) is 73.0 Å². The highest BCUT2D eigenvalue weighted by molar-refractivity contribution is 7.13. The van der Waals surface area contributed by atoms with E-state index in [-0.39, 0.29) is 11.0 Å². The first-order valence-electron chi connectivity index (χ1n) is 9.33. The Morgan fingerprint density at radius 1 is 1.33 bits per heavy atom. The van der Waals surface area contributed by atoms with Gasteiger partial charge < -0.3 is 0 Å². The normalized spacial score (nSPS) is 15.1. The van der Waals surface area contributed by atoms with Gasteiger partial charge in [-0.3, -0.25) is 14.4 Å². The number of nitrogens with zero attached hydrogens (tertiary/aromatic N) is 5. The second kappa shape index (κ2) is 6.96. The first-order valence-corrected chi connectivity index (χ1v) is 10.2. The highest BCUT2D eigenvalue weighted by Crippen LogP contribution is 2.32. The van der Waals surface area contributed by atoms with Gasteiger partial charge in [0.2, 0.25) is 0 Å². The average molecular weight is 382 g/mol. The molecule has 1 saturated carbocycles. The Balaban J connectivity index is 1.93. The number of rotatable bonds is 6. The molecule has 0 saturated heterocycles. The molecular formula is C20H23N5OS. The van der Waals surface area contributed by atoms with E-state index in [9.17, 15) is 4.79 Å². The van der Waals surface area contributed by atoms with Gasteiger partial charge in [-0.2, -0.15) is 0 Å². The number of pyridine rings is 1. The van der Waals surface area contributed by atoms with Gasteiger partial charge in [0.05, 0.1) is 5.69 Å². The molecule has 27 heavy (non-hydrogen) atoms. The molecule has 0 N–H and O–H groups in total. The van der Waals surface area contributed by atoms with Crippen LogP contribution in [0.15, 0.2) is 33.6 Å². The lowest BCUT2D eigenvalue weighted by atomic mass is 9.92. The fraction of sp³-hybridized carbons (Fsp3) is 0.450. The minimum atomic E-state index is -0.119. The second-order valence-corrected chi connectivity index (χ2v) is 8.65. The molecule has 1 aliphatic carbocycles. The Labute approximate surface area is 162 Å². The van der Waals surface area contributed by atoms with Gasteiger partial charge >= 0.3 is 0 Å². The SMILES string of the molecule is CCC(C)(C)C=Nc1ccnc2c1nc(-c1nccs1)c(=O)n2CC1CC1. The van der Waals surface area contributed by atoms with Crippen molar-refractivity contribution in [1.82, 2.24) is 19.5 Å². The largest absolute Gasteiger partial charge is 0.289 e. The number of hydrogen-bond donors (Lipinski definition) is 0. The summed E-state index contributed by atoms with van der Waals surface area (Å²) in [7, 11) is 0. The van der Waals surface area contributed by atoms with Gasteiger partial charge in [0.25, 0.3) is 5.56 Å². The van der Waals surface area contributed by atoms with Gasteiger partial charge in [0.15, 0.2) is 11.3 Å². The Bertz CT molecular complexity index is 1050. The van der Waals surface area contributed by atoms with Crippen LogP contribution in [0.3, 0.4) is 0 Å². The Morgan fingerprint density at radius 2 is 2.15 bits per heavy atom. The lowest BCUT2D eigenvalue weighted by Crippen LogP contribution is -2.25. The summed E-state index contributed by atoms with van der Waals surface area (Å²) in [6.45, 7) is 7.12. The van der Waals surface area contributed by atoms with Crippen molar-refractivity contribution >= 4 is 34.4 Å². The van der Waals surface area contributed by atoms with Crippen LogP contribution in [0.25, 0.3) is 21.9 Å². The van der Waals surface area contributed by atoms with Crippen molar-refractivity contribution in [2.24, 2.45) is 16.3 Å². The smallest absolute Gasteiger partial charge is 0.281 e. The summed E-state index contributed by atoms with van der Waals surface area (Å²) in [6.07, 6.45) is 8.67. The minimum absolute atomic E-state index is 0.00378. The minimum Gasteiger partial charge on any atom is -0.289 e. The third-order valence-electron chi connectivity index (χ3n) is 5.05. The second-order valence-electron chi connectivity index (χ2n) is 7.76. The Morgan fingerprint density at radius 3 is 2.81 bits per heavy atom. The summed E-state index contributed by atoms with van der Waals surface area (Å²) in [4.78, 5) is 31.3. The molecule has 0 amide bonds. The molecule has 0 bridgehead atoms. The lowest BCUT2D eigenvalue weighted by molar-refractivity contribution is 0.516. The van der Waals surface area contributed by atoms with Crippen LogP contribution in [0.1, 0.15) is 40.0 Å². The molecule has 1 aliphatic rings. The van der Waals surface area contributed by atoms with Crippen molar-refractivity contribution < 1.29 is 0 Å². The van der Waals surface area contributed by atoms with E-state index < -0.39 is 0 Å². The molecule has 3 aromatic rings. The quantitative estimate of drug-likeness (QED) is 0.591. The highest BCUT2D eigenvalue weighted by atomic mass is 32.1. The number of thiazole rings is 1. The van der Waals surface area contributed by atoms with Crippen LogP contribution in [0.4, 0.5) is 5.69 Å². The van der Waals surface area contributed by atoms with Gasteiger partial charge in [-0.15, -0.1) is 11.3 Å². The first kappa shape index (κ1) is 18.0. The van der Waals surface area contributed by atoms with E-state index >= 15 is 0 Å². The van der Waals surface area contributed by atoms with Crippen LogP contribution in [0.2, 0.25) is 0 Å². The van der Waals surface area contributed by atoms with Crippen LogP contribution in [-0.4, -0.2) is 25.7 Å². The summed E-state index contributed by atoms with van der Waals surface area (Å²) in [5.74, 6) is 0.547. The molecule has 6 nitrogen and oxygen atoms in total. The van der Waals surface area contributed by atoms with Crippen LogP contribution in [0.5, 0.6) is 0 Å². The van der Waals surface area contributed by atoms with Gasteiger partial charge in [0.1, 0.15) is 10.5 Å². The molecule has 0 atom stereocenters. The fourth-order valence-corrected chi connectivity index (χ4v) is 3.39. The van der Waals surface area contributed by atoms with Gasteiger partial charge in [-0.1, -0.05) is 20.8 Å². The number of fused-ring (bicyclic) bond motifs is 1. The van der Waals surface area contributed by atoms with Crippen LogP contribution in [-0.2, 0) is 6.54 Å². The summed E-state index contributed by atoms with van der Waals surface area (Å²) in [5.41, 5.74) is 2.27. The zero-order valence-corrected chi connectivity index (χ0v) is 16.7. The van der Waals surface area contributed by atoms with E-state index in [2.05, 4.69) is 35.7 Å². The maximum Gasteiger partial charge on any atom is 0.281 e. The highest BCUT2D eigenvalue weighted by Gasteiger charge is 2.25. The molecule has 0 radical (unpaired) electrons. The van der Waals surface area contributed by atoms with Crippen LogP contribution < -0.4 is 5.56 Å². The summed E-state index contributed by atoms with van der Waals surface area (Å²) < 4.78 is 1.76. The van der Waals surface area contributed by atoms with Crippen LogP contribution >= 0.6 is 11.3 Å². The average Bonchev–Trinajstić information content (AvgIpc) is 3.32. The molecule has 4 rings (SSSR count). The molecule has 140 valence electrons. The third-order valence-corrected chi connectivity index (χ3v) is 5.83. The van der Waals surface area contributed by atoms with Crippen LogP contribution in [0, 0.1) is 11.3 Å². The summed E-state index contributed by atoms with van der Waals surface area (Å²) in [6, 6.07) is 1.86. The summed E-state index contributed by atoms with van der Waals surface area (Å²) in [5, 5.41) is 2.50. The van der Waals surface area contributed by atoms with E-state index in [1.165, 1.54) is 11.3 Å². The van der Waals surface area contributed by atoms with Crippen molar-refractivity contribution in [3.05, 3.63) is 34.2 Å². The predicted molar refractivity (Wildman–Crippen MR) is 110 cm³/mol. The molecule has 0 aromatic carbocycles. The van der Waals surface area contributed by atoms with Crippen molar-refractivity contribution in [2.75, 3.05) is 0 Å². The zero-order valence-electron chi connectivity index (χ0n) is 15.8. The van der Waals surface area contributed by atoms with E-state index in [1.54, 1.807) is 17.0 Å². The van der Waals surface area contributed by atoms with E-state index in [1.807, 2.05) is 17.7 Å². The van der Waals surface area contributed by atoms with Gasteiger partial charge in [-0.25, -0.2) is 15.0 Å². The van der Waals surface area contributed by atoms with Crippen molar-refractivity contribution in [3.8, 4) is 10.7 Å². The molecule has 7 heteroatoms. The maximum absolute atomic E-state index is 13.1. The predicted octanol–water partition coefficient (Wildman–Crippen LogP) is 4.46. The number of aliphatic imine (C=N–C) groups is 1. The third kappa shape index (κ3) is 3.69. The molecule has 0 unspecified atom stereocenters. The van der Waals surface area contributed by atoms with Gasteiger partial charge in [-0.05, 0) is 36.7 Å². The monoisotopic (exact) mass is 381 g/mol. The fourth-order valence-electron chi connectivity index (χ4n) is 2.77. The first-order chi connectivity index (χ1) is 13.0. The number of hydrogen-bond acceptors (Lipinski definition) is 6. The number of aromatic nitrogens is 4. The zero-order chi connectivity index (χ0) is 19.0. The van der Waals surface area contributed by atoms with E-state index in [0.29, 0.717) is 34.3 Å². The van der Waals surface area contributed by atoms with Crippen molar-refractivity contribution in [2.45, 2.75) is 46.6 Å². The van der Waals surface area contributed by atoms with Crippen molar-refractivity contribution in [1.29, 1.82) is 0 Å². The van der Waals surface area contributed by atoms with Gasteiger partial charge in [0, 0.05) is 30.5 Å².